The third kappa shape index (κ3) is 38.9. The lowest BCUT2D eigenvalue weighted by Gasteiger charge is -2.02. The summed E-state index contributed by atoms with van der Waals surface area (Å²) in [7, 11) is 0. The van der Waals surface area contributed by atoms with Gasteiger partial charge in [0.15, 0.2) is 6.10 Å². The van der Waals surface area contributed by atoms with Gasteiger partial charge in [-0.25, -0.2) is 0 Å². The molecule has 0 aromatic carbocycles. The number of unbranched alkanes of at least 4 members (excludes halogenated alkanes) is 18. The molecule has 0 aliphatic rings. The van der Waals surface area contributed by atoms with Crippen LogP contribution in [0.1, 0.15) is 148 Å². The predicted octanol–water partition coefficient (Wildman–Crippen LogP) is 10.7. The molecule has 0 aromatic rings. The maximum absolute atomic E-state index is 9.92. The van der Waals surface area contributed by atoms with Crippen molar-refractivity contribution < 1.29 is 15.3 Å². The molecular weight excluding hydrogens is 601 g/mol. The lowest BCUT2D eigenvalue weighted by molar-refractivity contribution is 0.280. The Bertz CT molecular complexity index is 1150. The third-order valence-corrected chi connectivity index (χ3v) is 7.81. The largest absolute Gasteiger partial charge is 0.377 e. The fourth-order valence-corrected chi connectivity index (χ4v) is 4.92. The first kappa shape index (κ1) is 45.6. The van der Waals surface area contributed by atoms with E-state index in [-0.39, 0.29) is 0 Å². The van der Waals surface area contributed by atoms with Crippen LogP contribution in [0.2, 0.25) is 0 Å². The zero-order chi connectivity index (χ0) is 35.7. The SMILES string of the molecule is C#C[C@@H](O)/C=C/CCCCCCCCCCCCC/C=C/CC/C=C/C#C[C@H](O)C#CCC/C=C/CCCC/C=C/CC/C=C/[C@@H](O)C#C. The van der Waals surface area contributed by atoms with E-state index in [4.69, 9.17) is 12.8 Å². The Morgan fingerprint density at radius 3 is 1.29 bits per heavy atom. The fourth-order valence-electron chi connectivity index (χ4n) is 4.92. The third-order valence-electron chi connectivity index (χ3n) is 7.81. The van der Waals surface area contributed by atoms with E-state index >= 15 is 0 Å². The molecule has 0 aliphatic carbocycles. The zero-order valence-corrected chi connectivity index (χ0v) is 30.4. The smallest absolute Gasteiger partial charge is 0.176 e. The lowest BCUT2D eigenvalue weighted by Crippen LogP contribution is -1.96. The molecule has 0 spiro atoms. The quantitative estimate of drug-likeness (QED) is 0.0423. The highest BCUT2D eigenvalue weighted by molar-refractivity contribution is 5.25. The number of hydrogen-bond acceptors (Lipinski definition) is 3. The van der Waals surface area contributed by atoms with Crippen LogP contribution in [0.25, 0.3) is 0 Å². The molecule has 0 amide bonds. The van der Waals surface area contributed by atoms with Crippen molar-refractivity contribution in [2.45, 2.75) is 166 Å². The molecule has 0 saturated heterocycles. The molecule has 3 heteroatoms. The summed E-state index contributed by atoms with van der Waals surface area (Å²) < 4.78 is 0. The minimum Gasteiger partial charge on any atom is -0.377 e. The lowest BCUT2D eigenvalue weighted by atomic mass is 10.0. The number of aliphatic hydroxyl groups excluding tert-OH is 3. The summed E-state index contributed by atoms with van der Waals surface area (Å²) in [5, 5.41) is 28.4. The van der Waals surface area contributed by atoms with Crippen LogP contribution in [0.3, 0.4) is 0 Å². The Morgan fingerprint density at radius 1 is 0.408 bits per heavy atom. The first-order valence-electron chi connectivity index (χ1n) is 19.0. The molecule has 3 N–H and O–H groups in total. The van der Waals surface area contributed by atoms with Gasteiger partial charge in [0.1, 0.15) is 12.2 Å². The second kappa shape index (κ2) is 39.0. The summed E-state index contributed by atoms with van der Waals surface area (Å²) in [6.07, 6.45) is 59.0. The van der Waals surface area contributed by atoms with Crippen molar-refractivity contribution in [3.05, 3.63) is 72.9 Å². The van der Waals surface area contributed by atoms with E-state index in [1.807, 2.05) is 18.2 Å². The molecule has 0 saturated carbocycles. The molecule has 0 radical (unpaired) electrons. The number of terminal acetylenes is 2. The van der Waals surface area contributed by atoms with Gasteiger partial charge in [-0.15, -0.1) is 12.8 Å². The molecule has 3 atom stereocenters. The van der Waals surface area contributed by atoms with Crippen molar-refractivity contribution in [1.82, 2.24) is 0 Å². The summed E-state index contributed by atoms with van der Waals surface area (Å²) >= 11 is 0. The Balaban J connectivity index is 3.56. The molecule has 0 rings (SSSR count). The van der Waals surface area contributed by atoms with Gasteiger partial charge >= 0.3 is 0 Å². The Hall–Kier alpha value is -3.44. The molecule has 0 unspecified atom stereocenters. The highest BCUT2D eigenvalue weighted by Gasteiger charge is 1.94. The molecule has 268 valence electrons. The molecule has 3 nitrogen and oxygen atoms in total. The minimum atomic E-state index is -0.891. The van der Waals surface area contributed by atoms with Crippen LogP contribution in [0.4, 0.5) is 0 Å². The highest BCUT2D eigenvalue weighted by atomic mass is 16.3. The van der Waals surface area contributed by atoms with E-state index in [9.17, 15) is 15.3 Å². The average Bonchev–Trinajstić information content (AvgIpc) is 3.11. The maximum Gasteiger partial charge on any atom is 0.176 e. The number of hydrogen-bond donors (Lipinski definition) is 3. The monoisotopic (exact) mass is 667 g/mol. The van der Waals surface area contributed by atoms with Crippen molar-refractivity contribution in [3.8, 4) is 48.4 Å². The average molecular weight is 667 g/mol. The first-order valence-corrected chi connectivity index (χ1v) is 19.0. The summed E-state index contributed by atoms with van der Waals surface area (Å²) in [6, 6.07) is 0. The van der Waals surface area contributed by atoms with Crippen LogP contribution >= 0.6 is 0 Å². The van der Waals surface area contributed by atoms with E-state index in [1.54, 1.807) is 12.2 Å². The molecule has 0 heterocycles. The predicted molar refractivity (Wildman–Crippen MR) is 212 cm³/mol. The Kier molecular flexibility index (Phi) is 36.3. The molecular formula is C46H66O3. The second-order valence-corrected chi connectivity index (χ2v) is 12.4. The van der Waals surface area contributed by atoms with E-state index in [1.165, 1.54) is 89.9 Å². The van der Waals surface area contributed by atoms with E-state index < -0.39 is 18.3 Å². The topological polar surface area (TPSA) is 60.7 Å². The second-order valence-electron chi connectivity index (χ2n) is 12.4. The summed E-state index contributed by atoms with van der Waals surface area (Å²) in [5.74, 6) is 16.1. The van der Waals surface area contributed by atoms with Gasteiger partial charge in [-0.3, -0.25) is 0 Å². The fraction of sp³-hybridized carbons (Fsp3) is 0.565. The number of rotatable bonds is 29. The standard InChI is InChI=1S/C46H66O3/c1-3-44(47)40-36-32-28-24-20-16-12-10-8-6-5-7-9-11-13-18-22-26-30-34-38-42-46(49)43-39-35-31-27-23-19-15-14-17-21-25-29-33-37-41-45(48)4-2/h1-2,13,18,21,23,25,27,30,34,36-37,40-41,44-49H,5-12,14-17,19-20,22,24,26,28-29,31-33,35H2/b18-13+,25-21+,27-23+,34-30+,40-36+,41-37+/t44-,45+,46+/m1/s1. The van der Waals surface area contributed by atoms with Crippen LogP contribution in [0.15, 0.2) is 72.9 Å². The minimum absolute atomic E-state index is 0.731. The van der Waals surface area contributed by atoms with Crippen LogP contribution in [0, 0.1) is 48.4 Å². The molecule has 0 aliphatic heterocycles. The van der Waals surface area contributed by atoms with Crippen molar-refractivity contribution >= 4 is 0 Å². The Labute approximate surface area is 301 Å². The summed E-state index contributed by atoms with van der Waals surface area (Å²) in [6.45, 7) is 0. The van der Waals surface area contributed by atoms with Gasteiger partial charge in [0.25, 0.3) is 0 Å². The molecule has 0 aromatic heterocycles. The van der Waals surface area contributed by atoms with Crippen LogP contribution in [-0.2, 0) is 0 Å². The van der Waals surface area contributed by atoms with Gasteiger partial charge in [-0.1, -0.05) is 148 Å². The zero-order valence-electron chi connectivity index (χ0n) is 30.4. The van der Waals surface area contributed by atoms with Crippen LogP contribution < -0.4 is 0 Å². The van der Waals surface area contributed by atoms with Gasteiger partial charge < -0.3 is 15.3 Å². The van der Waals surface area contributed by atoms with Gasteiger partial charge in [-0.05, 0) is 102 Å². The van der Waals surface area contributed by atoms with E-state index in [0.717, 1.165) is 57.8 Å². The van der Waals surface area contributed by atoms with E-state index in [2.05, 4.69) is 78.1 Å². The number of allylic oxidation sites excluding steroid dienone is 10. The van der Waals surface area contributed by atoms with Gasteiger partial charge in [0.2, 0.25) is 0 Å². The van der Waals surface area contributed by atoms with Crippen molar-refractivity contribution in [2.24, 2.45) is 0 Å². The Morgan fingerprint density at radius 2 is 0.776 bits per heavy atom. The van der Waals surface area contributed by atoms with Gasteiger partial charge in [0, 0.05) is 6.42 Å². The van der Waals surface area contributed by atoms with E-state index in [0.29, 0.717) is 0 Å². The van der Waals surface area contributed by atoms with Crippen LogP contribution in [0.5, 0.6) is 0 Å². The summed E-state index contributed by atoms with van der Waals surface area (Å²) in [4.78, 5) is 0. The van der Waals surface area contributed by atoms with Gasteiger partial charge in [-0.2, -0.15) is 0 Å². The van der Waals surface area contributed by atoms with Gasteiger partial charge in [0.05, 0.1) is 0 Å². The van der Waals surface area contributed by atoms with Crippen molar-refractivity contribution in [2.75, 3.05) is 0 Å². The normalized spacial score (nSPS) is 13.6. The summed E-state index contributed by atoms with van der Waals surface area (Å²) in [5.41, 5.74) is 0. The molecule has 49 heavy (non-hydrogen) atoms. The maximum atomic E-state index is 9.92. The van der Waals surface area contributed by atoms with Crippen LogP contribution in [-0.4, -0.2) is 33.6 Å². The highest BCUT2D eigenvalue weighted by Crippen LogP contribution is 2.13. The van der Waals surface area contributed by atoms with Crippen molar-refractivity contribution in [3.63, 3.8) is 0 Å². The first-order chi connectivity index (χ1) is 24.1. The van der Waals surface area contributed by atoms with Crippen molar-refractivity contribution in [1.29, 1.82) is 0 Å². The molecule has 0 bridgehead atoms. The number of aliphatic hydroxyl groups is 3. The molecule has 0 fully saturated rings.